The first-order chi connectivity index (χ1) is 13.0. The number of benzene rings is 2. The monoisotopic (exact) mass is 368 g/mol. The summed E-state index contributed by atoms with van der Waals surface area (Å²) in [5.74, 6) is -0.560. The number of carbonyl (C=O) groups excluding carboxylic acids is 3. The zero-order chi connectivity index (χ0) is 19.2. The number of rotatable bonds is 5. The number of carbonyl (C=O) groups is 3. The van der Waals surface area contributed by atoms with Crippen molar-refractivity contribution in [3.63, 3.8) is 0 Å². The van der Waals surface area contributed by atoms with Crippen molar-refractivity contribution in [2.45, 2.75) is 18.9 Å². The zero-order valence-electron chi connectivity index (χ0n) is 14.5. The van der Waals surface area contributed by atoms with Crippen molar-refractivity contribution in [1.29, 1.82) is 0 Å². The molecule has 8 nitrogen and oxygen atoms in total. The highest BCUT2D eigenvalue weighted by Crippen LogP contribution is 2.19. The van der Waals surface area contributed by atoms with Gasteiger partial charge in [0, 0.05) is 29.2 Å². The average Bonchev–Trinajstić information content (AvgIpc) is 3.16. The van der Waals surface area contributed by atoms with E-state index in [1.54, 1.807) is 48.5 Å². The van der Waals surface area contributed by atoms with Crippen LogP contribution in [0.3, 0.4) is 0 Å². The van der Waals surface area contributed by atoms with Gasteiger partial charge in [-0.25, -0.2) is 4.79 Å². The molecule has 2 aromatic carbocycles. The van der Waals surface area contributed by atoms with Gasteiger partial charge in [-0.3, -0.25) is 9.59 Å². The lowest BCUT2D eigenvalue weighted by atomic mass is 10.1. The Hall–Kier alpha value is -3.39. The van der Waals surface area contributed by atoms with Gasteiger partial charge in [0.2, 0.25) is 0 Å². The first-order valence-electron chi connectivity index (χ1n) is 8.52. The Morgan fingerprint density at radius 1 is 0.926 bits per heavy atom. The Bertz CT molecular complexity index is 862. The third-order valence-electron chi connectivity index (χ3n) is 4.00. The molecule has 140 valence electrons. The van der Waals surface area contributed by atoms with Crippen molar-refractivity contribution in [3.8, 4) is 0 Å². The molecule has 8 heteroatoms. The number of anilines is 3. The SMILES string of the molecule is NC(=O)Nc1cccc(NC(=O)c2cccc(NC(=O)C3CCCO3)c2)c1. The molecular weight excluding hydrogens is 348 g/mol. The third kappa shape index (κ3) is 5.05. The fraction of sp³-hybridized carbons (Fsp3) is 0.211. The molecule has 0 saturated carbocycles. The highest BCUT2D eigenvalue weighted by atomic mass is 16.5. The number of nitrogens with two attached hydrogens (primary N) is 1. The molecule has 1 aliphatic heterocycles. The number of hydrogen-bond donors (Lipinski definition) is 4. The molecule has 1 saturated heterocycles. The number of primary amides is 1. The molecule has 5 N–H and O–H groups in total. The van der Waals surface area contributed by atoms with Gasteiger partial charge in [-0.05, 0) is 49.2 Å². The topological polar surface area (TPSA) is 123 Å². The van der Waals surface area contributed by atoms with Crippen LogP contribution in [0.25, 0.3) is 0 Å². The summed E-state index contributed by atoms with van der Waals surface area (Å²) in [4.78, 5) is 35.5. The van der Waals surface area contributed by atoms with Crippen LogP contribution in [0.4, 0.5) is 21.9 Å². The number of urea groups is 1. The first kappa shape index (κ1) is 18.4. The van der Waals surface area contributed by atoms with E-state index in [-0.39, 0.29) is 11.8 Å². The maximum atomic E-state index is 12.5. The minimum atomic E-state index is -0.687. The molecule has 27 heavy (non-hydrogen) atoms. The molecule has 3 rings (SSSR count). The van der Waals surface area contributed by atoms with Crippen molar-refractivity contribution < 1.29 is 19.1 Å². The van der Waals surface area contributed by atoms with Crippen molar-refractivity contribution >= 4 is 34.9 Å². The number of nitrogens with one attached hydrogen (secondary N) is 3. The van der Waals surface area contributed by atoms with E-state index in [1.165, 1.54) is 0 Å². The smallest absolute Gasteiger partial charge is 0.316 e. The Morgan fingerprint density at radius 2 is 1.59 bits per heavy atom. The summed E-state index contributed by atoms with van der Waals surface area (Å²) in [6, 6.07) is 12.6. The average molecular weight is 368 g/mol. The van der Waals surface area contributed by atoms with Crippen LogP contribution in [-0.4, -0.2) is 30.6 Å². The summed E-state index contributed by atoms with van der Waals surface area (Å²) in [7, 11) is 0. The zero-order valence-corrected chi connectivity index (χ0v) is 14.5. The van der Waals surface area contributed by atoms with Gasteiger partial charge in [0.05, 0.1) is 0 Å². The highest BCUT2D eigenvalue weighted by Gasteiger charge is 2.23. The quantitative estimate of drug-likeness (QED) is 0.648. The second-order valence-electron chi connectivity index (χ2n) is 6.10. The fourth-order valence-corrected chi connectivity index (χ4v) is 2.77. The lowest BCUT2D eigenvalue weighted by Gasteiger charge is -2.12. The molecule has 0 aliphatic carbocycles. The molecule has 1 unspecified atom stereocenters. The Balaban J connectivity index is 1.66. The van der Waals surface area contributed by atoms with Crippen LogP contribution in [0.2, 0.25) is 0 Å². The maximum Gasteiger partial charge on any atom is 0.316 e. The summed E-state index contributed by atoms with van der Waals surface area (Å²) in [5, 5.41) is 7.95. The van der Waals surface area contributed by atoms with Gasteiger partial charge in [-0.1, -0.05) is 12.1 Å². The summed E-state index contributed by atoms with van der Waals surface area (Å²) in [5.41, 5.74) is 6.96. The summed E-state index contributed by atoms with van der Waals surface area (Å²) in [6.45, 7) is 0.588. The van der Waals surface area contributed by atoms with Gasteiger partial charge in [0.1, 0.15) is 6.10 Å². The summed E-state index contributed by atoms with van der Waals surface area (Å²) >= 11 is 0. The van der Waals surface area contributed by atoms with E-state index in [0.717, 1.165) is 6.42 Å². The van der Waals surface area contributed by atoms with E-state index in [4.69, 9.17) is 10.5 Å². The lowest BCUT2D eigenvalue weighted by Crippen LogP contribution is -2.27. The largest absolute Gasteiger partial charge is 0.368 e. The number of amides is 4. The van der Waals surface area contributed by atoms with Gasteiger partial charge in [-0.2, -0.15) is 0 Å². The third-order valence-corrected chi connectivity index (χ3v) is 4.00. The van der Waals surface area contributed by atoms with E-state index < -0.39 is 12.1 Å². The molecule has 0 spiro atoms. The molecule has 1 aliphatic rings. The van der Waals surface area contributed by atoms with Gasteiger partial charge in [-0.15, -0.1) is 0 Å². The van der Waals surface area contributed by atoms with Crippen molar-refractivity contribution in [3.05, 3.63) is 54.1 Å². The summed E-state index contributed by atoms with van der Waals surface area (Å²) in [6.07, 6.45) is 1.12. The van der Waals surface area contributed by atoms with Crippen LogP contribution in [-0.2, 0) is 9.53 Å². The van der Waals surface area contributed by atoms with E-state index in [0.29, 0.717) is 35.7 Å². The molecule has 0 radical (unpaired) electrons. The van der Waals surface area contributed by atoms with Crippen molar-refractivity contribution in [1.82, 2.24) is 0 Å². The van der Waals surface area contributed by atoms with Crippen molar-refractivity contribution in [2.75, 3.05) is 22.6 Å². The normalized spacial score (nSPS) is 15.8. The van der Waals surface area contributed by atoms with E-state index in [2.05, 4.69) is 16.0 Å². The molecule has 1 atom stereocenters. The van der Waals surface area contributed by atoms with Crippen LogP contribution in [0.1, 0.15) is 23.2 Å². The van der Waals surface area contributed by atoms with Gasteiger partial charge >= 0.3 is 6.03 Å². The predicted octanol–water partition coefficient (Wildman–Crippen LogP) is 2.55. The van der Waals surface area contributed by atoms with Crippen LogP contribution in [0.5, 0.6) is 0 Å². The minimum absolute atomic E-state index is 0.213. The van der Waals surface area contributed by atoms with Crippen LogP contribution < -0.4 is 21.7 Å². The van der Waals surface area contributed by atoms with Gasteiger partial charge in [0.25, 0.3) is 11.8 Å². The van der Waals surface area contributed by atoms with Gasteiger partial charge < -0.3 is 26.4 Å². The molecule has 1 heterocycles. The van der Waals surface area contributed by atoms with Crippen molar-refractivity contribution in [2.24, 2.45) is 5.73 Å². The highest BCUT2D eigenvalue weighted by molar-refractivity contribution is 6.06. The number of ether oxygens (including phenoxy) is 1. The summed E-state index contributed by atoms with van der Waals surface area (Å²) < 4.78 is 5.35. The first-order valence-corrected chi connectivity index (χ1v) is 8.52. The minimum Gasteiger partial charge on any atom is -0.368 e. The Labute approximate surface area is 156 Å². The Kier molecular flexibility index (Phi) is 5.68. The number of hydrogen-bond acceptors (Lipinski definition) is 4. The van der Waals surface area contributed by atoms with E-state index in [9.17, 15) is 14.4 Å². The van der Waals surface area contributed by atoms with E-state index >= 15 is 0 Å². The maximum absolute atomic E-state index is 12.5. The molecule has 0 bridgehead atoms. The second-order valence-corrected chi connectivity index (χ2v) is 6.10. The van der Waals surface area contributed by atoms with Crippen LogP contribution in [0.15, 0.2) is 48.5 Å². The van der Waals surface area contributed by atoms with Crippen LogP contribution >= 0.6 is 0 Å². The fourth-order valence-electron chi connectivity index (χ4n) is 2.77. The lowest BCUT2D eigenvalue weighted by molar-refractivity contribution is -0.124. The molecule has 4 amide bonds. The van der Waals surface area contributed by atoms with Gasteiger partial charge in [0.15, 0.2) is 0 Å². The van der Waals surface area contributed by atoms with Crippen LogP contribution in [0, 0.1) is 0 Å². The molecule has 0 aromatic heterocycles. The molecular formula is C19H20N4O4. The van der Waals surface area contributed by atoms with E-state index in [1.807, 2.05) is 0 Å². The second kappa shape index (κ2) is 8.33. The molecule has 1 fully saturated rings. The Morgan fingerprint density at radius 3 is 2.26 bits per heavy atom. The standard InChI is InChI=1S/C19H20N4O4/c20-19(26)23-15-7-2-6-14(11-15)21-17(24)12-4-1-5-13(10-12)22-18(25)16-8-3-9-27-16/h1-2,4-7,10-11,16H,3,8-9H2,(H,21,24)(H,22,25)(H3,20,23,26). The molecule has 2 aromatic rings. The predicted molar refractivity (Wildman–Crippen MR) is 102 cm³/mol.